The molecule has 0 saturated carbocycles. The normalized spacial score (nSPS) is 23.7. The van der Waals surface area contributed by atoms with Crippen LogP contribution in [0, 0.1) is 0 Å². The van der Waals surface area contributed by atoms with Crippen LogP contribution in [0.15, 0.2) is 42.7 Å². The third-order valence-corrected chi connectivity index (χ3v) is 5.95. The van der Waals surface area contributed by atoms with Gasteiger partial charge >= 0.3 is 0 Å². The van der Waals surface area contributed by atoms with Crippen LogP contribution in [0.2, 0.25) is 0 Å². The van der Waals surface area contributed by atoms with Gasteiger partial charge in [0.25, 0.3) is 0 Å². The molecule has 0 aliphatic carbocycles. The van der Waals surface area contributed by atoms with Crippen molar-refractivity contribution >= 4 is 5.82 Å². The van der Waals surface area contributed by atoms with Gasteiger partial charge in [0, 0.05) is 36.8 Å². The molecule has 2 unspecified atom stereocenters. The minimum atomic E-state index is 0.137. The predicted molar refractivity (Wildman–Crippen MR) is 105 cm³/mol. The average Bonchev–Trinajstić information content (AvgIpc) is 3.37. The van der Waals surface area contributed by atoms with Crippen molar-refractivity contribution in [2.45, 2.75) is 43.8 Å². The Kier molecular flexibility index (Phi) is 4.20. The minimum absolute atomic E-state index is 0.137. The van der Waals surface area contributed by atoms with E-state index in [1.54, 1.807) is 23.1 Å². The first-order chi connectivity index (χ1) is 13.7. The Balaban J connectivity index is 1.35. The molecule has 2 bridgehead atoms. The SMILES string of the molecule is CN(c1ccc(-c2ccc(-n3ccnn3)cc2O)nn1)C1CC2CCC(C1)N2. The second-order valence-electron chi connectivity index (χ2n) is 7.70. The lowest BCUT2D eigenvalue weighted by atomic mass is 9.98. The molecule has 2 saturated heterocycles. The van der Waals surface area contributed by atoms with Crippen LogP contribution < -0.4 is 10.2 Å². The minimum Gasteiger partial charge on any atom is -0.507 e. The Labute approximate surface area is 163 Å². The van der Waals surface area contributed by atoms with Crippen molar-refractivity contribution in [2.75, 3.05) is 11.9 Å². The molecule has 2 N–H and O–H groups in total. The summed E-state index contributed by atoms with van der Waals surface area (Å²) in [4.78, 5) is 2.25. The number of piperidine rings is 1. The summed E-state index contributed by atoms with van der Waals surface area (Å²) < 4.78 is 1.60. The molecule has 0 amide bonds. The molecule has 2 atom stereocenters. The number of aromatic nitrogens is 5. The zero-order valence-corrected chi connectivity index (χ0v) is 15.7. The van der Waals surface area contributed by atoms with Crippen molar-refractivity contribution in [3.63, 3.8) is 0 Å². The number of anilines is 1. The molecule has 0 spiro atoms. The van der Waals surface area contributed by atoms with Crippen LogP contribution in [0.25, 0.3) is 16.9 Å². The summed E-state index contributed by atoms with van der Waals surface area (Å²) in [5.41, 5.74) is 2.03. The van der Waals surface area contributed by atoms with Crippen LogP contribution >= 0.6 is 0 Å². The standard InChI is InChI=1S/C20H23N7O/c1-26(16-10-13-2-3-14(11-16)22-13)20-7-6-18(23-24-20)17-5-4-15(12-19(17)28)27-9-8-21-25-27/h4-9,12-14,16,22,28H,2-3,10-11H2,1H3. The molecule has 2 aliphatic heterocycles. The molecule has 8 heteroatoms. The molecule has 2 aliphatic rings. The highest BCUT2D eigenvalue weighted by molar-refractivity contribution is 5.68. The van der Waals surface area contributed by atoms with E-state index in [-0.39, 0.29) is 5.75 Å². The maximum Gasteiger partial charge on any atom is 0.151 e. The zero-order valence-electron chi connectivity index (χ0n) is 15.7. The Morgan fingerprint density at radius 2 is 1.93 bits per heavy atom. The third-order valence-electron chi connectivity index (χ3n) is 5.95. The summed E-state index contributed by atoms with van der Waals surface area (Å²) in [5, 5.41) is 30.6. The highest BCUT2D eigenvalue weighted by atomic mass is 16.3. The number of rotatable bonds is 4. The van der Waals surface area contributed by atoms with E-state index >= 15 is 0 Å². The van der Waals surface area contributed by atoms with E-state index in [4.69, 9.17) is 0 Å². The second-order valence-corrected chi connectivity index (χ2v) is 7.70. The van der Waals surface area contributed by atoms with Gasteiger partial charge in [0.1, 0.15) is 5.75 Å². The molecule has 8 nitrogen and oxygen atoms in total. The number of benzene rings is 1. The van der Waals surface area contributed by atoms with Crippen molar-refractivity contribution in [1.82, 2.24) is 30.5 Å². The molecule has 1 aromatic carbocycles. The summed E-state index contributed by atoms with van der Waals surface area (Å²) in [6, 6.07) is 11.0. The number of hydrogen-bond donors (Lipinski definition) is 2. The Hall–Kier alpha value is -3.00. The maximum absolute atomic E-state index is 10.4. The van der Waals surface area contributed by atoms with Crippen LogP contribution in [-0.4, -0.2) is 55.5 Å². The first kappa shape index (κ1) is 17.1. The van der Waals surface area contributed by atoms with Gasteiger partial charge in [-0.05, 0) is 49.9 Å². The van der Waals surface area contributed by atoms with Gasteiger partial charge in [-0.25, -0.2) is 4.68 Å². The van der Waals surface area contributed by atoms with E-state index in [2.05, 4.69) is 37.8 Å². The third kappa shape index (κ3) is 3.09. The molecule has 0 radical (unpaired) electrons. The lowest BCUT2D eigenvalue weighted by Gasteiger charge is -2.36. The van der Waals surface area contributed by atoms with Gasteiger partial charge in [-0.2, -0.15) is 0 Å². The molecule has 2 aromatic heterocycles. The van der Waals surface area contributed by atoms with Gasteiger partial charge in [-0.3, -0.25) is 0 Å². The smallest absolute Gasteiger partial charge is 0.151 e. The largest absolute Gasteiger partial charge is 0.507 e. The van der Waals surface area contributed by atoms with Gasteiger partial charge < -0.3 is 15.3 Å². The maximum atomic E-state index is 10.4. The van der Waals surface area contributed by atoms with E-state index in [9.17, 15) is 5.11 Å². The summed E-state index contributed by atoms with van der Waals surface area (Å²) in [6.45, 7) is 0. The monoisotopic (exact) mass is 377 g/mol. The second kappa shape index (κ2) is 6.87. The summed E-state index contributed by atoms with van der Waals surface area (Å²) >= 11 is 0. The number of hydrogen-bond acceptors (Lipinski definition) is 7. The van der Waals surface area contributed by atoms with Crippen molar-refractivity contribution in [2.24, 2.45) is 0 Å². The number of phenols is 1. The summed E-state index contributed by atoms with van der Waals surface area (Å²) in [6.07, 6.45) is 8.19. The lowest BCUT2D eigenvalue weighted by Crippen LogP contribution is -2.47. The fourth-order valence-electron chi connectivity index (χ4n) is 4.41. The van der Waals surface area contributed by atoms with E-state index in [0.29, 0.717) is 29.4 Å². The zero-order chi connectivity index (χ0) is 19.1. The van der Waals surface area contributed by atoms with Crippen LogP contribution in [0.1, 0.15) is 25.7 Å². The molecular formula is C20H23N7O. The highest BCUT2D eigenvalue weighted by Gasteiger charge is 2.35. The first-order valence-corrected chi connectivity index (χ1v) is 9.70. The number of aromatic hydroxyl groups is 1. The van der Waals surface area contributed by atoms with E-state index < -0.39 is 0 Å². The summed E-state index contributed by atoms with van der Waals surface area (Å²) in [7, 11) is 2.10. The molecule has 2 fully saturated rings. The van der Waals surface area contributed by atoms with Crippen molar-refractivity contribution in [1.29, 1.82) is 0 Å². The highest BCUT2D eigenvalue weighted by Crippen LogP contribution is 2.32. The molecule has 3 aromatic rings. The summed E-state index contributed by atoms with van der Waals surface area (Å²) in [5.74, 6) is 1.01. The quantitative estimate of drug-likeness (QED) is 0.720. The van der Waals surface area contributed by atoms with Gasteiger partial charge in [0.05, 0.1) is 23.8 Å². The van der Waals surface area contributed by atoms with Gasteiger partial charge in [0.15, 0.2) is 5.82 Å². The van der Waals surface area contributed by atoms with E-state index in [1.807, 2.05) is 24.3 Å². The van der Waals surface area contributed by atoms with Gasteiger partial charge in [-0.15, -0.1) is 15.3 Å². The molecule has 144 valence electrons. The topological polar surface area (TPSA) is 92.0 Å². The Morgan fingerprint density at radius 1 is 1.11 bits per heavy atom. The molecule has 4 heterocycles. The predicted octanol–water partition coefficient (Wildman–Crippen LogP) is 2.15. The van der Waals surface area contributed by atoms with Crippen LogP contribution in [0.3, 0.4) is 0 Å². The number of nitrogens with zero attached hydrogens (tertiary/aromatic N) is 6. The van der Waals surface area contributed by atoms with Crippen LogP contribution in [0.5, 0.6) is 5.75 Å². The fourth-order valence-corrected chi connectivity index (χ4v) is 4.41. The van der Waals surface area contributed by atoms with Crippen molar-refractivity contribution < 1.29 is 5.11 Å². The number of nitrogens with one attached hydrogen (secondary N) is 1. The molecule has 5 rings (SSSR count). The van der Waals surface area contributed by atoms with Crippen LogP contribution in [-0.2, 0) is 0 Å². The van der Waals surface area contributed by atoms with Crippen LogP contribution in [0.4, 0.5) is 5.82 Å². The van der Waals surface area contributed by atoms with Gasteiger partial charge in [-0.1, -0.05) is 5.21 Å². The average molecular weight is 377 g/mol. The van der Waals surface area contributed by atoms with E-state index in [1.165, 1.54) is 12.8 Å². The van der Waals surface area contributed by atoms with Crippen molar-refractivity contribution in [3.8, 4) is 22.7 Å². The Bertz CT molecular complexity index is 945. The lowest BCUT2D eigenvalue weighted by molar-refractivity contribution is 0.353. The molecule has 28 heavy (non-hydrogen) atoms. The molecular weight excluding hydrogens is 354 g/mol. The van der Waals surface area contributed by atoms with E-state index in [0.717, 1.165) is 24.3 Å². The first-order valence-electron chi connectivity index (χ1n) is 9.70. The number of fused-ring (bicyclic) bond motifs is 2. The van der Waals surface area contributed by atoms with Crippen molar-refractivity contribution in [3.05, 3.63) is 42.7 Å². The number of phenolic OH excluding ortho intramolecular Hbond substituents is 1. The van der Waals surface area contributed by atoms with Gasteiger partial charge in [0.2, 0.25) is 0 Å². The fraction of sp³-hybridized carbons (Fsp3) is 0.400. The Morgan fingerprint density at radius 3 is 2.57 bits per heavy atom.